The number of rotatable bonds is 8. The van der Waals surface area contributed by atoms with Gasteiger partial charge in [-0.05, 0) is 31.3 Å². The van der Waals surface area contributed by atoms with Crippen LogP contribution in [0.5, 0.6) is 0 Å². The molecule has 13 nitrogen and oxygen atoms in total. The second-order valence-electron chi connectivity index (χ2n) is 7.69. The summed E-state index contributed by atoms with van der Waals surface area (Å²) in [7, 11) is -1.11. The number of anilines is 1. The molecule has 4 atom stereocenters. The predicted molar refractivity (Wildman–Crippen MR) is 129 cm³/mol. The maximum Gasteiger partial charge on any atom is 0.277 e. The van der Waals surface area contributed by atoms with Gasteiger partial charge in [0.1, 0.15) is 24.1 Å². The summed E-state index contributed by atoms with van der Waals surface area (Å²) in [6.45, 7) is -0.569. The number of carbonyl (C=O) groups is 1. The van der Waals surface area contributed by atoms with Crippen LogP contribution in [-0.2, 0) is 14.8 Å². The average molecular weight is 527 g/mol. The number of aromatic nitrogens is 1. The van der Waals surface area contributed by atoms with Crippen LogP contribution in [0.2, 0.25) is 0 Å². The molecule has 0 unspecified atom stereocenters. The number of nitrogens with one attached hydrogen (secondary N) is 2. The molecule has 1 aliphatic heterocycles. The molecule has 14 heteroatoms. The van der Waals surface area contributed by atoms with Crippen LogP contribution < -0.4 is 10.6 Å². The highest BCUT2D eigenvalue weighted by molar-refractivity contribution is 7.89. The summed E-state index contributed by atoms with van der Waals surface area (Å²) in [6.07, 6.45) is -4.16. The van der Waals surface area contributed by atoms with E-state index in [1.807, 2.05) is 0 Å². The molecule has 0 spiro atoms. The van der Waals surface area contributed by atoms with Crippen molar-refractivity contribution in [3.05, 3.63) is 59.9 Å². The molecule has 1 aliphatic rings. The van der Waals surface area contributed by atoms with Crippen LogP contribution in [0.25, 0.3) is 5.76 Å². The Morgan fingerprint density at radius 1 is 1.03 bits per heavy atom. The molecular weight excluding hydrogens is 496 g/mol. The molecule has 8 N–H and O–H groups in total. The van der Waals surface area contributed by atoms with Gasteiger partial charge in [-0.15, -0.1) is 0 Å². The largest absolute Gasteiger partial charge is 0.505 e. The van der Waals surface area contributed by atoms with Gasteiger partial charge in [-0.2, -0.15) is 0 Å². The zero-order valence-electron chi connectivity index (χ0n) is 19.6. The van der Waals surface area contributed by atoms with Crippen LogP contribution in [0, 0.1) is 0 Å². The minimum atomic E-state index is -3.91. The SMILES string of the molecule is CN1C(C(=O)Nc2ccccn2)=C(O)c2ccccc2S1(=O)=O.CNC[C@H](O)[C@@H](O)[C@H](O)[C@H](O)CO. The summed E-state index contributed by atoms with van der Waals surface area (Å²) in [5, 5.41) is 60.3. The Kier molecular flexibility index (Phi) is 10.3. The van der Waals surface area contributed by atoms with Crippen molar-refractivity contribution in [2.75, 3.05) is 32.6 Å². The highest BCUT2D eigenvalue weighted by Gasteiger charge is 2.37. The summed E-state index contributed by atoms with van der Waals surface area (Å²) in [4.78, 5) is 16.3. The molecule has 1 aromatic heterocycles. The number of hydrogen-bond acceptors (Lipinski definition) is 11. The lowest BCUT2D eigenvalue weighted by Crippen LogP contribution is -2.48. The van der Waals surface area contributed by atoms with Gasteiger partial charge in [0.25, 0.3) is 15.9 Å². The van der Waals surface area contributed by atoms with Gasteiger partial charge in [-0.25, -0.2) is 13.4 Å². The third kappa shape index (κ3) is 6.55. The normalized spacial score (nSPS) is 17.7. The van der Waals surface area contributed by atoms with Crippen LogP contribution >= 0.6 is 0 Å². The van der Waals surface area contributed by atoms with Crippen molar-refractivity contribution in [3.63, 3.8) is 0 Å². The molecule has 0 fully saturated rings. The molecule has 1 aromatic carbocycles. The highest BCUT2D eigenvalue weighted by atomic mass is 32.2. The zero-order valence-corrected chi connectivity index (χ0v) is 20.4. The second-order valence-corrected chi connectivity index (χ2v) is 9.63. The third-order valence-electron chi connectivity index (χ3n) is 5.18. The molecule has 0 aliphatic carbocycles. The summed E-state index contributed by atoms with van der Waals surface area (Å²) in [6, 6.07) is 10.9. The van der Waals surface area contributed by atoms with E-state index in [4.69, 9.17) is 20.4 Å². The summed E-state index contributed by atoms with van der Waals surface area (Å²) < 4.78 is 25.8. The van der Waals surface area contributed by atoms with Crippen molar-refractivity contribution < 1.29 is 43.9 Å². The number of aliphatic hydroxyl groups excluding tert-OH is 6. The molecule has 3 rings (SSSR count). The van der Waals surface area contributed by atoms with Crippen molar-refractivity contribution in [2.24, 2.45) is 0 Å². The molecule has 0 saturated heterocycles. The maximum absolute atomic E-state index is 12.5. The maximum atomic E-state index is 12.5. The van der Waals surface area contributed by atoms with Crippen LogP contribution in [0.4, 0.5) is 5.82 Å². The monoisotopic (exact) mass is 526 g/mol. The fourth-order valence-corrected chi connectivity index (χ4v) is 4.59. The predicted octanol–water partition coefficient (Wildman–Crippen LogP) is -1.78. The van der Waals surface area contributed by atoms with E-state index in [0.29, 0.717) is 0 Å². The first kappa shape index (κ1) is 29.1. The van der Waals surface area contributed by atoms with Gasteiger partial charge in [0.2, 0.25) is 0 Å². The first-order valence-electron chi connectivity index (χ1n) is 10.7. The first-order chi connectivity index (χ1) is 17.0. The van der Waals surface area contributed by atoms with E-state index in [0.717, 1.165) is 4.31 Å². The van der Waals surface area contributed by atoms with Crippen LogP contribution in [-0.4, -0.2) is 106 Å². The summed E-state index contributed by atoms with van der Waals surface area (Å²) >= 11 is 0. The second kappa shape index (κ2) is 12.7. The Balaban J connectivity index is 0.000000302. The van der Waals surface area contributed by atoms with E-state index in [2.05, 4.69) is 15.6 Å². The summed E-state index contributed by atoms with van der Waals surface area (Å²) in [5.74, 6) is -0.907. The number of pyridine rings is 1. The van der Waals surface area contributed by atoms with Gasteiger partial charge >= 0.3 is 0 Å². The minimum Gasteiger partial charge on any atom is -0.505 e. The fourth-order valence-electron chi connectivity index (χ4n) is 3.19. The number of carbonyl (C=O) groups excluding carboxylic acids is 1. The molecule has 1 amide bonds. The number of hydrogen-bond donors (Lipinski definition) is 8. The molecule has 2 aromatic rings. The van der Waals surface area contributed by atoms with Crippen molar-refractivity contribution in [1.29, 1.82) is 0 Å². The lowest BCUT2D eigenvalue weighted by molar-refractivity contribution is -0.113. The van der Waals surface area contributed by atoms with E-state index < -0.39 is 52.7 Å². The van der Waals surface area contributed by atoms with Gasteiger partial charge in [0.05, 0.1) is 17.6 Å². The van der Waals surface area contributed by atoms with E-state index in [9.17, 15) is 23.4 Å². The lowest BCUT2D eigenvalue weighted by atomic mass is 10.0. The van der Waals surface area contributed by atoms with Crippen molar-refractivity contribution in [2.45, 2.75) is 29.3 Å². The molecule has 0 saturated carbocycles. The number of sulfonamides is 1. The quantitative estimate of drug-likeness (QED) is 0.193. The molecule has 2 heterocycles. The van der Waals surface area contributed by atoms with Crippen LogP contribution in [0.3, 0.4) is 0 Å². The number of fused-ring (bicyclic) bond motifs is 1. The van der Waals surface area contributed by atoms with E-state index in [1.54, 1.807) is 37.4 Å². The van der Waals surface area contributed by atoms with E-state index >= 15 is 0 Å². The van der Waals surface area contributed by atoms with E-state index in [-0.39, 0.29) is 28.5 Å². The highest BCUT2D eigenvalue weighted by Crippen LogP contribution is 2.34. The molecule has 36 heavy (non-hydrogen) atoms. The van der Waals surface area contributed by atoms with Crippen molar-refractivity contribution >= 4 is 27.5 Å². The number of amides is 1. The number of likely N-dealkylation sites (N-methyl/N-ethyl adjacent to an activating group) is 2. The standard InChI is InChI=1S/C15H13N3O4S.C7H17NO5/c1-18-13(15(20)17-12-8-4-5-9-16-12)14(19)10-6-2-3-7-11(10)23(18,21)22;1-8-2-4(10)6(12)7(13)5(11)3-9/h2-9,19H,1H3,(H,16,17,20);4-13H,2-3H2,1H3/t;4-,5+,6+,7+/m.0/s1. The topological polar surface area (TPSA) is 213 Å². The van der Waals surface area contributed by atoms with Gasteiger partial charge in [-0.3, -0.25) is 9.10 Å². The first-order valence-corrected chi connectivity index (χ1v) is 12.1. The Bertz CT molecular complexity index is 1160. The van der Waals surface area contributed by atoms with E-state index in [1.165, 1.54) is 25.4 Å². The Morgan fingerprint density at radius 2 is 1.64 bits per heavy atom. The molecular formula is C22H30N4O9S. The average Bonchev–Trinajstić information content (AvgIpc) is 2.87. The zero-order chi connectivity index (χ0) is 27.0. The van der Waals surface area contributed by atoms with Crippen molar-refractivity contribution in [1.82, 2.24) is 14.6 Å². The Hall–Kier alpha value is -3.11. The van der Waals surface area contributed by atoms with Crippen LogP contribution in [0.15, 0.2) is 59.3 Å². The van der Waals surface area contributed by atoms with Gasteiger partial charge in [0.15, 0.2) is 11.5 Å². The Morgan fingerprint density at radius 3 is 2.22 bits per heavy atom. The molecule has 0 bridgehead atoms. The van der Waals surface area contributed by atoms with Gasteiger partial charge in [-0.1, -0.05) is 18.2 Å². The van der Waals surface area contributed by atoms with Gasteiger partial charge < -0.3 is 41.3 Å². The number of nitrogens with zero attached hydrogens (tertiary/aromatic N) is 2. The third-order valence-corrected chi connectivity index (χ3v) is 7.00. The minimum absolute atomic E-state index is 0.0469. The molecule has 0 radical (unpaired) electrons. The smallest absolute Gasteiger partial charge is 0.277 e. The lowest BCUT2D eigenvalue weighted by Gasteiger charge is -2.28. The number of aliphatic hydroxyl groups is 6. The Labute approximate surface area is 208 Å². The fraction of sp³-hybridized carbons (Fsp3) is 0.364. The summed E-state index contributed by atoms with van der Waals surface area (Å²) in [5.41, 5.74) is -0.258. The van der Waals surface area contributed by atoms with Crippen LogP contribution in [0.1, 0.15) is 5.56 Å². The van der Waals surface area contributed by atoms with Gasteiger partial charge in [0, 0.05) is 25.4 Å². The van der Waals surface area contributed by atoms with Crippen molar-refractivity contribution in [3.8, 4) is 0 Å². The number of benzene rings is 1. The molecule has 198 valence electrons.